The number of piperazine rings is 1. The number of aromatic nitrogens is 1. The summed E-state index contributed by atoms with van der Waals surface area (Å²) in [6.45, 7) is 16.0. The highest BCUT2D eigenvalue weighted by molar-refractivity contribution is 7.15. The first-order valence-electron chi connectivity index (χ1n) is 13.2. The number of rotatable bonds is 4. The molecular weight excluding hydrogens is 460 g/mol. The molecule has 0 aromatic carbocycles. The Morgan fingerprint density at radius 1 is 1.26 bits per heavy atom. The van der Waals surface area contributed by atoms with Crippen molar-refractivity contribution in [1.29, 1.82) is 0 Å². The number of hydrogen-bond donors (Lipinski definition) is 2. The van der Waals surface area contributed by atoms with Crippen LogP contribution in [0.15, 0.2) is 0 Å². The number of aliphatic hydroxyl groups excluding tert-OH is 1. The highest BCUT2D eigenvalue weighted by atomic mass is 32.1. The standard InChI is InChI=1S/C27H44N4O3S/c1-16(24(34)31-12-10-30(7)11-13-31)18-8-9-27(6)14-19-22(17(2)21(27)23(18)33)29-25(35-19)28-20(32)15-26(3,4)5/h16-18,21,23,33H,8-15H2,1-7H3,(H,28,29,32)/t16-,17-,18-,21+,23-,27+/m0/s1. The van der Waals surface area contributed by atoms with E-state index >= 15 is 0 Å². The molecule has 2 aliphatic carbocycles. The lowest BCUT2D eigenvalue weighted by Crippen LogP contribution is -2.55. The van der Waals surface area contributed by atoms with Crippen molar-refractivity contribution in [3.63, 3.8) is 0 Å². The number of nitrogens with zero attached hydrogens (tertiary/aromatic N) is 3. The summed E-state index contributed by atoms with van der Waals surface area (Å²) in [6, 6.07) is 0. The quantitative estimate of drug-likeness (QED) is 0.648. The summed E-state index contributed by atoms with van der Waals surface area (Å²) >= 11 is 1.59. The number of aliphatic hydroxyl groups is 1. The van der Waals surface area contributed by atoms with Crippen LogP contribution in [0.5, 0.6) is 0 Å². The lowest BCUT2D eigenvalue weighted by molar-refractivity contribution is -0.146. The largest absolute Gasteiger partial charge is 0.392 e. The van der Waals surface area contributed by atoms with E-state index in [1.54, 1.807) is 11.3 Å². The van der Waals surface area contributed by atoms with Gasteiger partial charge in [-0.2, -0.15) is 0 Å². The predicted molar refractivity (Wildman–Crippen MR) is 141 cm³/mol. The second kappa shape index (κ2) is 9.75. The monoisotopic (exact) mass is 504 g/mol. The van der Waals surface area contributed by atoms with Crippen LogP contribution < -0.4 is 5.32 Å². The molecule has 35 heavy (non-hydrogen) atoms. The normalized spacial score (nSPS) is 32.5. The number of thiazole rings is 1. The SMILES string of the molecule is C[C@H](C(=O)N1CCN(C)CC1)[C@@H]1CC[C@]2(C)Cc3sc(NC(=O)CC(C)(C)C)nc3[C@@H](C)[C@@H]2[C@H]1O. The summed E-state index contributed by atoms with van der Waals surface area (Å²) in [5.74, 6) is 0.0976. The minimum Gasteiger partial charge on any atom is -0.392 e. The molecule has 2 amide bonds. The molecule has 2 N–H and O–H groups in total. The van der Waals surface area contributed by atoms with Gasteiger partial charge in [-0.05, 0) is 49.0 Å². The van der Waals surface area contributed by atoms with Gasteiger partial charge in [-0.3, -0.25) is 9.59 Å². The van der Waals surface area contributed by atoms with Gasteiger partial charge < -0.3 is 20.2 Å². The molecule has 196 valence electrons. The fourth-order valence-electron chi connectivity index (χ4n) is 6.74. The summed E-state index contributed by atoms with van der Waals surface area (Å²) in [7, 11) is 2.09. The smallest absolute Gasteiger partial charge is 0.226 e. The van der Waals surface area contributed by atoms with Crippen molar-refractivity contribution in [2.75, 3.05) is 38.5 Å². The number of carbonyl (C=O) groups excluding carboxylic acids is 2. The molecule has 0 unspecified atom stereocenters. The van der Waals surface area contributed by atoms with E-state index in [0.29, 0.717) is 11.6 Å². The third-order valence-electron chi connectivity index (χ3n) is 8.71. The van der Waals surface area contributed by atoms with E-state index in [1.807, 2.05) is 11.8 Å². The van der Waals surface area contributed by atoms with Crippen LogP contribution in [0.4, 0.5) is 5.13 Å². The van der Waals surface area contributed by atoms with Gasteiger partial charge in [0, 0.05) is 49.3 Å². The molecule has 1 aliphatic heterocycles. The Morgan fingerprint density at radius 2 is 1.91 bits per heavy atom. The number of carbonyl (C=O) groups is 2. The second-order valence-corrected chi connectivity index (χ2v) is 14.0. The van der Waals surface area contributed by atoms with Crippen molar-refractivity contribution in [3.05, 3.63) is 10.6 Å². The maximum Gasteiger partial charge on any atom is 0.226 e. The number of anilines is 1. The number of amides is 2. The highest BCUT2D eigenvalue weighted by Crippen LogP contribution is 2.57. The Labute approximate surface area is 214 Å². The molecule has 1 aromatic heterocycles. The lowest BCUT2D eigenvalue weighted by Gasteiger charge is -2.53. The lowest BCUT2D eigenvalue weighted by atomic mass is 9.53. The van der Waals surface area contributed by atoms with E-state index in [-0.39, 0.29) is 46.3 Å². The van der Waals surface area contributed by atoms with Crippen molar-refractivity contribution in [2.24, 2.45) is 28.6 Å². The van der Waals surface area contributed by atoms with Crippen LogP contribution in [0.2, 0.25) is 0 Å². The summed E-state index contributed by atoms with van der Waals surface area (Å²) in [4.78, 5) is 36.1. The van der Waals surface area contributed by atoms with Crippen molar-refractivity contribution >= 4 is 28.3 Å². The van der Waals surface area contributed by atoms with Crippen LogP contribution in [0.3, 0.4) is 0 Å². The van der Waals surface area contributed by atoms with Gasteiger partial charge in [0.15, 0.2) is 5.13 Å². The zero-order valence-corrected chi connectivity index (χ0v) is 23.4. The highest BCUT2D eigenvalue weighted by Gasteiger charge is 2.54. The van der Waals surface area contributed by atoms with E-state index < -0.39 is 6.10 Å². The summed E-state index contributed by atoms with van der Waals surface area (Å²) in [5, 5.41) is 15.4. The van der Waals surface area contributed by atoms with Gasteiger partial charge in [0.05, 0.1) is 11.8 Å². The molecule has 8 heteroatoms. The first-order valence-corrected chi connectivity index (χ1v) is 14.1. The third-order valence-corrected chi connectivity index (χ3v) is 9.69. The number of nitrogens with one attached hydrogen (secondary N) is 1. The molecular formula is C27H44N4O3S. The molecule has 7 nitrogen and oxygen atoms in total. The second-order valence-electron chi connectivity index (χ2n) is 12.9. The van der Waals surface area contributed by atoms with Crippen molar-refractivity contribution in [2.45, 2.75) is 79.2 Å². The van der Waals surface area contributed by atoms with Crippen molar-refractivity contribution < 1.29 is 14.7 Å². The van der Waals surface area contributed by atoms with Crippen LogP contribution in [0, 0.1) is 28.6 Å². The van der Waals surface area contributed by atoms with E-state index in [4.69, 9.17) is 4.98 Å². The average molecular weight is 505 g/mol. The van der Waals surface area contributed by atoms with Gasteiger partial charge in [0.2, 0.25) is 11.8 Å². The van der Waals surface area contributed by atoms with Gasteiger partial charge in [0.25, 0.3) is 0 Å². The van der Waals surface area contributed by atoms with Gasteiger partial charge >= 0.3 is 0 Å². The molecule has 0 radical (unpaired) electrons. The molecule has 0 bridgehead atoms. The number of likely N-dealkylation sites (N-methyl/N-ethyl adjacent to an activating group) is 1. The van der Waals surface area contributed by atoms with Gasteiger partial charge in [-0.1, -0.05) is 41.5 Å². The molecule has 0 spiro atoms. The molecule has 1 aromatic rings. The van der Waals surface area contributed by atoms with Crippen LogP contribution in [0.1, 0.15) is 77.3 Å². The zero-order chi connectivity index (χ0) is 25.7. The first-order chi connectivity index (χ1) is 16.3. The van der Waals surface area contributed by atoms with Gasteiger partial charge in [-0.25, -0.2) is 4.98 Å². The average Bonchev–Trinajstić information content (AvgIpc) is 3.13. The Bertz CT molecular complexity index is 949. The van der Waals surface area contributed by atoms with Crippen LogP contribution >= 0.6 is 11.3 Å². The fraction of sp³-hybridized carbons (Fsp3) is 0.815. The Hall–Kier alpha value is -1.51. The topological polar surface area (TPSA) is 85.8 Å². The molecule has 1 saturated carbocycles. The summed E-state index contributed by atoms with van der Waals surface area (Å²) in [5.41, 5.74) is 0.910. The van der Waals surface area contributed by atoms with Crippen molar-refractivity contribution in [3.8, 4) is 0 Å². The van der Waals surface area contributed by atoms with Gasteiger partial charge in [0.1, 0.15) is 0 Å². The van der Waals surface area contributed by atoms with E-state index in [0.717, 1.165) is 51.1 Å². The maximum absolute atomic E-state index is 13.3. The maximum atomic E-state index is 13.3. The predicted octanol–water partition coefficient (Wildman–Crippen LogP) is 3.98. The molecule has 6 atom stereocenters. The minimum atomic E-state index is -0.538. The minimum absolute atomic E-state index is 0.00350. The molecule has 1 saturated heterocycles. The fourth-order valence-corrected chi connectivity index (χ4v) is 8.02. The molecule has 3 aliphatic rings. The molecule has 2 fully saturated rings. The first kappa shape index (κ1) is 26.6. The Balaban J connectivity index is 1.49. The van der Waals surface area contributed by atoms with Crippen LogP contribution in [-0.2, 0) is 16.0 Å². The molecule has 4 rings (SSSR count). The molecule has 2 heterocycles. The van der Waals surface area contributed by atoms with Crippen LogP contribution in [-0.4, -0.2) is 71.0 Å². The number of hydrogen-bond acceptors (Lipinski definition) is 6. The van der Waals surface area contributed by atoms with Crippen molar-refractivity contribution in [1.82, 2.24) is 14.8 Å². The third kappa shape index (κ3) is 5.44. The number of fused-ring (bicyclic) bond motifs is 2. The summed E-state index contributed by atoms with van der Waals surface area (Å²) in [6.07, 6.45) is 2.64. The van der Waals surface area contributed by atoms with E-state index in [2.05, 4.69) is 51.9 Å². The zero-order valence-electron chi connectivity index (χ0n) is 22.6. The summed E-state index contributed by atoms with van der Waals surface area (Å²) < 4.78 is 0. The van der Waals surface area contributed by atoms with E-state index in [9.17, 15) is 14.7 Å². The van der Waals surface area contributed by atoms with Gasteiger partial charge in [-0.15, -0.1) is 11.3 Å². The Morgan fingerprint density at radius 3 is 2.54 bits per heavy atom. The Kier molecular flexibility index (Phi) is 7.39. The van der Waals surface area contributed by atoms with E-state index in [1.165, 1.54) is 4.88 Å². The van der Waals surface area contributed by atoms with Crippen LogP contribution in [0.25, 0.3) is 0 Å².